The van der Waals surface area contributed by atoms with Gasteiger partial charge in [0.25, 0.3) is 0 Å². The summed E-state index contributed by atoms with van der Waals surface area (Å²) < 4.78 is 21.1. The standard InChI is InChI=1S/C14H17IO8/c1-6(16)20-11-5-10(15)12(21-7(2)17)14(23-9(4)19)13(11)22-8(3)18/h5,11-14H,1-4H3/t11-,12-,13+,14+/m0/s1. The zero-order chi connectivity index (χ0) is 17.7. The molecule has 0 aromatic heterocycles. The van der Waals surface area contributed by atoms with Crippen LogP contribution in [0.5, 0.6) is 0 Å². The minimum absolute atomic E-state index is 0.485. The monoisotopic (exact) mass is 440 g/mol. The van der Waals surface area contributed by atoms with E-state index in [9.17, 15) is 19.2 Å². The first-order valence-corrected chi connectivity index (χ1v) is 7.75. The maximum absolute atomic E-state index is 11.4. The molecule has 1 rings (SSSR count). The lowest BCUT2D eigenvalue weighted by Crippen LogP contribution is -2.54. The molecule has 0 aliphatic heterocycles. The van der Waals surface area contributed by atoms with E-state index < -0.39 is 48.3 Å². The minimum Gasteiger partial charge on any atom is -0.454 e. The van der Waals surface area contributed by atoms with Crippen LogP contribution >= 0.6 is 22.6 Å². The number of halogens is 1. The first kappa shape index (κ1) is 19.4. The van der Waals surface area contributed by atoms with Gasteiger partial charge in [0.1, 0.15) is 0 Å². The number of hydrogen-bond donors (Lipinski definition) is 0. The van der Waals surface area contributed by atoms with Gasteiger partial charge in [-0.25, -0.2) is 0 Å². The van der Waals surface area contributed by atoms with Gasteiger partial charge in [0.05, 0.1) is 0 Å². The van der Waals surface area contributed by atoms with Crippen LogP contribution < -0.4 is 0 Å². The largest absolute Gasteiger partial charge is 0.454 e. The first-order chi connectivity index (χ1) is 10.6. The second-order valence-corrected chi connectivity index (χ2v) is 6.05. The normalized spacial score (nSPS) is 26.6. The molecule has 0 heterocycles. The van der Waals surface area contributed by atoms with E-state index in [2.05, 4.69) is 0 Å². The number of rotatable bonds is 4. The first-order valence-electron chi connectivity index (χ1n) is 6.68. The molecule has 0 unspecified atom stereocenters. The molecule has 128 valence electrons. The summed E-state index contributed by atoms with van der Waals surface area (Å²) in [5.74, 6) is -2.50. The Balaban J connectivity index is 3.25. The average molecular weight is 440 g/mol. The highest BCUT2D eigenvalue weighted by Gasteiger charge is 2.47. The van der Waals surface area contributed by atoms with Crippen LogP contribution in [0.25, 0.3) is 0 Å². The molecule has 0 saturated carbocycles. The molecule has 1 aliphatic carbocycles. The molecule has 0 fully saturated rings. The number of carbonyl (C=O) groups excluding carboxylic acids is 4. The van der Waals surface area contributed by atoms with Crippen molar-refractivity contribution in [2.24, 2.45) is 0 Å². The SMILES string of the molecule is CC(=O)O[C@H]1[C@H](OC(C)=O)[C@@H](OC(C)=O)C(I)=C[C@@H]1OC(C)=O. The van der Waals surface area contributed by atoms with Crippen LogP contribution in [0.3, 0.4) is 0 Å². The Hall–Kier alpha value is -1.65. The van der Waals surface area contributed by atoms with Gasteiger partial charge in [-0.15, -0.1) is 0 Å². The number of carbonyl (C=O) groups is 4. The lowest BCUT2D eigenvalue weighted by Gasteiger charge is -2.38. The van der Waals surface area contributed by atoms with E-state index in [-0.39, 0.29) is 0 Å². The molecule has 0 aromatic carbocycles. The molecule has 0 saturated heterocycles. The second kappa shape index (κ2) is 8.27. The van der Waals surface area contributed by atoms with Gasteiger partial charge in [-0.05, 0) is 28.7 Å². The Kier molecular flexibility index (Phi) is 6.98. The molecule has 0 bridgehead atoms. The number of hydrogen-bond acceptors (Lipinski definition) is 8. The molecular weight excluding hydrogens is 423 g/mol. The van der Waals surface area contributed by atoms with Crippen LogP contribution in [0.1, 0.15) is 27.7 Å². The van der Waals surface area contributed by atoms with Crippen LogP contribution in [-0.4, -0.2) is 48.3 Å². The van der Waals surface area contributed by atoms with Crippen LogP contribution in [0.2, 0.25) is 0 Å². The van der Waals surface area contributed by atoms with Crippen molar-refractivity contribution >= 4 is 46.5 Å². The van der Waals surface area contributed by atoms with Crippen LogP contribution in [0.4, 0.5) is 0 Å². The predicted octanol–water partition coefficient (Wildman–Crippen LogP) is 1.05. The summed E-state index contributed by atoms with van der Waals surface area (Å²) in [4.78, 5) is 45.3. The van der Waals surface area contributed by atoms with Crippen LogP contribution in [0.15, 0.2) is 9.66 Å². The van der Waals surface area contributed by atoms with E-state index in [0.29, 0.717) is 3.58 Å². The van der Waals surface area contributed by atoms with Gasteiger partial charge in [-0.3, -0.25) is 19.2 Å². The van der Waals surface area contributed by atoms with Crippen LogP contribution in [0, 0.1) is 0 Å². The number of esters is 4. The van der Waals surface area contributed by atoms with Gasteiger partial charge < -0.3 is 18.9 Å². The fourth-order valence-corrected chi connectivity index (χ4v) is 2.94. The predicted molar refractivity (Wildman–Crippen MR) is 84.3 cm³/mol. The molecule has 9 heteroatoms. The molecule has 4 atom stereocenters. The molecule has 0 spiro atoms. The molecule has 0 aromatic rings. The molecule has 23 heavy (non-hydrogen) atoms. The van der Waals surface area contributed by atoms with Crippen molar-refractivity contribution in [3.63, 3.8) is 0 Å². The zero-order valence-electron chi connectivity index (χ0n) is 13.0. The summed E-state index contributed by atoms with van der Waals surface area (Å²) in [7, 11) is 0. The van der Waals surface area contributed by atoms with Crippen molar-refractivity contribution in [1.29, 1.82) is 0 Å². The quantitative estimate of drug-likeness (QED) is 0.363. The Morgan fingerprint density at radius 3 is 1.65 bits per heavy atom. The number of ether oxygens (including phenoxy) is 4. The van der Waals surface area contributed by atoms with E-state index in [4.69, 9.17) is 18.9 Å². The van der Waals surface area contributed by atoms with Crippen molar-refractivity contribution < 1.29 is 38.1 Å². The molecule has 0 radical (unpaired) electrons. The Morgan fingerprint density at radius 1 is 0.783 bits per heavy atom. The third-order valence-corrected chi connectivity index (χ3v) is 3.71. The van der Waals surface area contributed by atoms with Gasteiger partial charge in [-0.1, -0.05) is 0 Å². The van der Waals surface area contributed by atoms with Crippen molar-refractivity contribution in [2.75, 3.05) is 0 Å². The Labute approximate surface area is 146 Å². The summed E-state index contributed by atoms with van der Waals surface area (Å²) in [6, 6.07) is 0. The topological polar surface area (TPSA) is 105 Å². The fraction of sp³-hybridized carbons (Fsp3) is 0.571. The third kappa shape index (κ3) is 5.81. The summed E-state index contributed by atoms with van der Waals surface area (Å²) in [6.07, 6.45) is -2.67. The lowest BCUT2D eigenvalue weighted by atomic mass is 9.95. The molecular formula is C14H17IO8. The zero-order valence-corrected chi connectivity index (χ0v) is 15.2. The summed E-state index contributed by atoms with van der Waals surface area (Å²) in [5.41, 5.74) is 0. The van der Waals surface area contributed by atoms with E-state index in [1.807, 2.05) is 22.6 Å². The highest BCUT2D eigenvalue weighted by atomic mass is 127. The summed E-state index contributed by atoms with van der Waals surface area (Å²) in [6.45, 7) is 4.74. The second-order valence-electron chi connectivity index (χ2n) is 4.80. The van der Waals surface area contributed by atoms with Crippen molar-refractivity contribution in [2.45, 2.75) is 52.1 Å². The maximum atomic E-state index is 11.4. The van der Waals surface area contributed by atoms with Gasteiger partial charge >= 0.3 is 23.9 Å². The highest BCUT2D eigenvalue weighted by molar-refractivity contribution is 14.1. The van der Waals surface area contributed by atoms with Gasteiger partial charge in [0.2, 0.25) is 0 Å². The van der Waals surface area contributed by atoms with Gasteiger partial charge in [0, 0.05) is 31.3 Å². The van der Waals surface area contributed by atoms with E-state index in [1.165, 1.54) is 33.8 Å². The maximum Gasteiger partial charge on any atom is 0.303 e. The Morgan fingerprint density at radius 2 is 1.22 bits per heavy atom. The molecule has 8 nitrogen and oxygen atoms in total. The van der Waals surface area contributed by atoms with Crippen molar-refractivity contribution in [3.8, 4) is 0 Å². The van der Waals surface area contributed by atoms with Gasteiger partial charge in [-0.2, -0.15) is 0 Å². The fourth-order valence-electron chi connectivity index (χ4n) is 2.10. The average Bonchev–Trinajstić information content (AvgIpc) is 2.36. The van der Waals surface area contributed by atoms with Gasteiger partial charge in [0.15, 0.2) is 24.4 Å². The van der Waals surface area contributed by atoms with E-state index >= 15 is 0 Å². The Bertz CT molecular complexity index is 541. The third-order valence-electron chi connectivity index (χ3n) is 2.74. The van der Waals surface area contributed by atoms with Crippen LogP contribution in [-0.2, 0) is 38.1 Å². The van der Waals surface area contributed by atoms with Crippen molar-refractivity contribution in [1.82, 2.24) is 0 Å². The molecule has 1 aliphatic rings. The summed E-state index contributed by atoms with van der Waals surface area (Å²) in [5, 5.41) is 0. The smallest absolute Gasteiger partial charge is 0.303 e. The van der Waals surface area contributed by atoms with Crippen molar-refractivity contribution in [3.05, 3.63) is 9.66 Å². The minimum atomic E-state index is -1.12. The van der Waals surface area contributed by atoms with E-state index in [1.54, 1.807) is 0 Å². The molecule has 0 N–H and O–H groups in total. The summed E-state index contributed by atoms with van der Waals surface area (Å²) >= 11 is 1.88. The lowest BCUT2D eigenvalue weighted by molar-refractivity contribution is -0.193. The molecule has 0 amide bonds. The van der Waals surface area contributed by atoms with E-state index in [0.717, 1.165) is 0 Å². The highest BCUT2D eigenvalue weighted by Crippen LogP contribution is 2.32.